The topological polar surface area (TPSA) is 85.1 Å². The highest BCUT2D eigenvalue weighted by Gasteiger charge is 2.24. The summed E-state index contributed by atoms with van der Waals surface area (Å²) in [6, 6.07) is 1.20. The normalized spacial score (nSPS) is 9.25. The molecule has 1 N–H and O–H groups in total. The smallest absolute Gasteiger partial charge is 0.319 e. The van der Waals surface area contributed by atoms with Crippen molar-refractivity contribution in [2.75, 3.05) is 6.54 Å². The van der Waals surface area contributed by atoms with Gasteiger partial charge in [0.1, 0.15) is 5.56 Å². The second-order valence-electron chi connectivity index (χ2n) is 2.64. The van der Waals surface area contributed by atoms with E-state index in [-0.39, 0.29) is 17.3 Å². The molecule has 82 valence electrons. The summed E-state index contributed by atoms with van der Waals surface area (Å²) in [4.78, 5) is 24.9. The van der Waals surface area contributed by atoms with Crippen molar-refractivity contribution in [3.8, 4) is 12.3 Å². The van der Waals surface area contributed by atoms with E-state index < -0.39 is 16.5 Å². The minimum Gasteiger partial charge on any atom is -0.341 e. The first kappa shape index (κ1) is 11.9. The van der Waals surface area contributed by atoms with Crippen LogP contribution in [0.25, 0.3) is 0 Å². The van der Waals surface area contributed by atoms with E-state index in [1.807, 2.05) is 0 Å². The maximum absolute atomic E-state index is 11.5. The summed E-state index contributed by atoms with van der Waals surface area (Å²) in [6.45, 7) is -0.0179. The molecule has 6 nitrogen and oxygen atoms in total. The number of carbonyl (C=O) groups excluding carboxylic acids is 1. The summed E-state index contributed by atoms with van der Waals surface area (Å²) >= 11 is 5.53. The fraction of sp³-hybridized carbons (Fsp3) is 0.111. The molecule has 0 saturated carbocycles. The van der Waals surface area contributed by atoms with Gasteiger partial charge in [-0.25, -0.2) is 4.98 Å². The van der Waals surface area contributed by atoms with Crippen LogP contribution in [0.2, 0.25) is 5.15 Å². The number of hydrogen-bond acceptors (Lipinski definition) is 4. The molecule has 1 amide bonds. The lowest BCUT2D eigenvalue weighted by atomic mass is 10.2. The minimum atomic E-state index is -0.764. The molecule has 0 bridgehead atoms. The largest absolute Gasteiger partial charge is 0.341 e. The van der Waals surface area contributed by atoms with E-state index in [1.54, 1.807) is 0 Å². The Kier molecular flexibility index (Phi) is 3.80. The average molecular weight is 240 g/mol. The highest BCUT2D eigenvalue weighted by molar-refractivity contribution is 6.32. The molecule has 0 atom stereocenters. The molecular formula is C9H6ClN3O3. The van der Waals surface area contributed by atoms with Crippen LogP contribution in [-0.2, 0) is 0 Å². The molecular weight excluding hydrogens is 234 g/mol. The van der Waals surface area contributed by atoms with Crippen molar-refractivity contribution in [1.82, 2.24) is 10.3 Å². The summed E-state index contributed by atoms with van der Waals surface area (Å²) in [6.07, 6.45) is 6.15. The number of nitrogens with one attached hydrogen (secondary N) is 1. The molecule has 0 fully saturated rings. The number of halogens is 1. The van der Waals surface area contributed by atoms with Gasteiger partial charge < -0.3 is 5.32 Å². The highest BCUT2D eigenvalue weighted by atomic mass is 35.5. The summed E-state index contributed by atoms with van der Waals surface area (Å²) < 4.78 is 0. The first-order chi connectivity index (χ1) is 7.57. The standard InChI is InChI=1S/C9H6ClN3O3/c1-2-4-12-9(14)6-3-5-11-8(10)7(6)13(15)16/h1,3,5H,4H2,(H,12,14). The van der Waals surface area contributed by atoms with Gasteiger partial charge in [0.15, 0.2) is 0 Å². The van der Waals surface area contributed by atoms with Gasteiger partial charge in [-0.05, 0) is 6.07 Å². The molecule has 0 spiro atoms. The lowest BCUT2D eigenvalue weighted by Crippen LogP contribution is -2.24. The molecule has 0 aliphatic heterocycles. The molecule has 0 aliphatic carbocycles. The second kappa shape index (κ2) is 5.09. The van der Waals surface area contributed by atoms with Crippen LogP contribution in [0.3, 0.4) is 0 Å². The molecule has 0 aliphatic rings. The molecule has 1 aromatic rings. The molecule has 1 aromatic heterocycles. The third-order valence-corrected chi connectivity index (χ3v) is 1.93. The summed E-state index contributed by atoms with van der Waals surface area (Å²) in [5.74, 6) is 1.52. The number of terminal acetylenes is 1. The Bertz CT molecular complexity index is 481. The number of nitrogens with zero attached hydrogens (tertiary/aromatic N) is 2. The molecule has 1 heterocycles. The van der Waals surface area contributed by atoms with Gasteiger partial charge in [0, 0.05) is 6.20 Å². The Balaban J connectivity index is 3.14. The van der Waals surface area contributed by atoms with Crippen LogP contribution < -0.4 is 5.32 Å². The first-order valence-corrected chi connectivity index (χ1v) is 4.46. The van der Waals surface area contributed by atoms with Gasteiger partial charge in [-0.2, -0.15) is 0 Å². The Labute approximate surface area is 95.8 Å². The van der Waals surface area contributed by atoms with Gasteiger partial charge in [-0.15, -0.1) is 6.42 Å². The Hall–Kier alpha value is -2.13. The fourth-order valence-electron chi connectivity index (χ4n) is 1.01. The van der Waals surface area contributed by atoms with Gasteiger partial charge in [0.05, 0.1) is 11.5 Å². The monoisotopic (exact) mass is 239 g/mol. The van der Waals surface area contributed by atoms with Crippen LogP contribution in [-0.4, -0.2) is 22.4 Å². The van der Waals surface area contributed by atoms with E-state index in [0.29, 0.717) is 0 Å². The van der Waals surface area contributed by atoms with Crippen LogP contribution in [0.4, 0.5) is 5.69 Å². The van der Waals surface area contributed by atoms with Crippen LogP contribution in [0, 0.1) is 22.5 Å². The molecule has 0 unspecified atom stereocenters. The third-order valence-electron chi connectivity index (χ3n) is 1.66. The Morgan fingerprint density at radius 3 is 3.00 bits per heavy atom. The number of aromatic nitrogens is 1. The zero-order chi connectivity index (χ0) is 12.1. The summed E-state index contributed by atoms with van der Waals surface area (Å²) in [5.41, 5.74) is -0.695. The first-order valence-electron chi connectivity index (χ1n) is 4.08. The van der Waals surface area contributed by atoms with E-state index in [4.69, 9.17) is 18.0 Å². The number of pyridine rings is 1. The van der Waals surface area contributed by atoms with E-state index in [1.165, 1.54) is 12.3 Å². The molecule has 1 rings (SSSR count). The third kappa shape index (κ3) is 2.46. The predicted molar refractivity (Wildman–Crippen MR) is 57.1 cm³/mol. The van der Waals surface area contributed by atoms with Crippen molar-refractivity contribution in [2.45, 2.75) is 0 Å². The van der Waals surface area contributed by atoms with Crippen LogP contribution in [0.5, 0.6) is 0 Å². The van der Waals surface area contributed by atoms with Gasteiger partial charge in [-0.3, -0.25) is 14.9 Å². The van der Waals surface area contributed by atoms with Crippen molar-refractivity contribution < 1.29 is 9.72 Å². The Morgan fingerprint density at radius 1 is 1.75 bits per heavy atom. The van der Waals surface area contributed by atoms with Gasteiger partial charge in [0.2, 0.25) is 5.15 Å². The van der Waals surface area contributed by atoms with Crippen LogP contribution >= 0.6 is 11.6 Å². The van der Waals surface area contributed by atoms with Gasteiger partial charge in [-0.1, -0.05) is 17.5 Å². The van der Waals surface area contributed by atoms with E-state index in [2.05, 4.69) is 16.2 Å². The highest BCUT2D eigenvalue weighted by Crippen LogP contribution is 2.25. The van der Waals surface area contributed by atoms with Crippen molar-refractivity contribution in [3.63, 3.8) is 0 Å². The summed E-state index contributed by atoms with van der Waals surface area (Å²) in [5, 5.41) is 12.7. The van der Waals surface area contributed by atoms with Crippen LogP contribution in [0.15, 0.2) is 12.3 Å². The number of hydrogen-bond donors (Lipinski definition) is 1. The molecule has 0 aromatic carbocycles. The number of carbonyl (C=O) groups is 1. The van der Waals surface area contributed by atoms with Crippen molar-refractivity contribution in [1.29, 1.82) is 0 Å². The van der Waals surface area contributed by atoms with E-state index in [9.17, 15) is 14.9 Å². The zero-order valence-corrected chi connectivity index (χ0v) is 8.69. The second-order valence-corrected chi connectivity index (χ2v) is 3.00. The molecule has 16 heavy (non-hydrogen) atoms. The lowest BCUT2D eigenvalue weighted by molar-refractivity contribution is -0.385. The van der Waals surface area contributed by atoms with Crippen molar-refractivity contribution >= 4 is 23.2 Å². The SMILES string of the molecule is C#CCNC(=O)c1ccnc(Cl)c1[N+](=O)[O-]. The quantitative estimate of drug-likeness (QED) is 0.369. The van der Waals surface area contributed by atoms with Gasteiger partial charge >= 0.3 is 5.69 Å². The Morgan fingerprint density at radius 2 is 2.44 bits per heavy atom. The van der Waals surface area contributed by atoms with E-state index >= 15 is 0 Å². The van der Waals surface area contributed by atoms with E-state index in [0.717, 1.165) is 0 Å². The van der Waals surface area contributed by atoms with Gasteiger partial charge in [0.25, 0.3) is 5.91 Å². The van der Waals surface area contributed by atoms with Crippen LogP contribution in [0.1, 0.15) is 10.4 Å². The molecule has 0 radical (unpaired) electrons. The minimum absolute atomic E-state index is 0.0179. The average Bonchev–Trinajstić information content (AvgIpc) is 2.24. The maximum atomic E-state index is 11.5. The number of amides is 1. The number of nitro groups is 1. The molecule has 0 saturated heterocycles. The van der Waals surface area contributed by atoms with Crippen molar-refractivity contribution in [3.05, 3.63) is 33.1 Å². The fourth-order valence-corrected chi connectivity index (χ4v) is 1.24. The lowest BCUT2D eigenvalue weighted by Gasteiger charge is -2.03. The summed E-state index contributed by atoms with van der Waals surface area (Å²) in [7, 11) is 0. The zero-order valence-electron chi connectivity index (χ0n) is 7.94. The molecule has 7 heteroatoms. The van der Waals surface area contributed by atoms with Crippen molar-refractivity contribution in [2.24, 2.45) is 0 Å². The predicted octanol–water partition coefficient (Wildman–Crippen LogP) is 1.01. The maximum Gasteiger partial charge on any atom is 0.319 e. The number of rotatable bonds is 3.